The van der Waals surface area contributed by atoms with E-state index in [0.29, 0.717) is 22.7 Å². The van der Waals surface area contributed by atoms with E-state index in [4.69, 9.17) is 16.7 Å². The molecule has 0 aliphatic rings. The summed E-state index contributed by atoms with van der Waals surface area (Å²) in [6.07, 6.45) is 4.39. The van der Waals surface area contributed by atoms with Crippen molar-refractivity contribution in [2.45, 2.75) is 19.8 Å². The number of rotatable bonds is 6. The molecule has 0 saturated heterocycles. The highest BCUT2D eigenvalue weighted by Crippen LogP contribution is 2.20. The number of unbranched alkanes of at least 4 members (excludes halogenated alkanes) is 1. The second-order valence-corrected chi connectivity index (χ2v) is 4.90. The molecule has 1 aromatic rings. The Morgan fingerprint density at radius 3 is 2.65 bits per heavy atom. The van der Waals surface area contributed by atoms with Crippen molar-refractivity contribution in [2.75, 3.05) is 13.6 Å². The Balaban J connectivity index is 2.86. The number of amides is 1. The maximum Gasteiger partial charge on any atom is 0.328 e. The molecule has 0 heterocycles. The fourth-order valence-electron chi connectivity index (χ4n) is 1.67. The molecule has 0 aliphatic heterocycles. The first kappa shape index (κ1) is 16.2. The van der Waals surface area contributed by atoms with E-state index in [1.165, 1.54) is 6.08 Å². The first-order chi connectivity index (χ1) is 9.45. The van der Waals surface area contributed by atoms with Crippen molar-refractivity contribution >= 4 is 29.6 Å². The average molecular weight is 296 g/mol. The van der Waals surface area contributed by atoms with E-state index in [-0.39, 0.29) is 5.91 Å². The van der Waals surface area contributed by atoms with E-state index in [0.717, 1.165) is 18.9 Å². The monoisotopic (exact) mass is 295 g/mol. The number of hydrogen-bond donors (Lipinski definition) is 1. The Kier molecular flexibility index (Phi) is 6.25. The number of hydrogen-bond acceptors (Lipinski definition) is 2. The van der Waals surface area contributed by atoms with Gasteiger partial charge >= 0.3 is 5.97 Å². The summed E-state index contributed by atoms with van der Waals surface area (Å²) in [6.45, 7) is 2.77. The van der Waals surface area contributed by atoms with E-state index >= 15 is 0 Å². The predicted molar refractivity (Wildman–Crippen MR) is 80.0 cm³/mol. The van der Waals surface area contributed by atoms with Crippen LogP contribution >= 0.6 is 11.6 Å². The summed E-state index contributed by atoms with van der Waals surface area (Å²) >= 11 is 6.05. The lowest BCUT2D eigenvalue weighted by molar-refractivity contribution is -0.131. The van der Waals surface area contributed by atoms with Crippen LogP contribution in [0.15, 0.2) is 24.3 Å². The van der Waals surface area contributed by atoms with Gasteiger partial charge in [0.15, 0.2) is 0 Å². The van der Waals surface area contributed by atoms with E-state index in [2.05, 4.69) is 6.92 Å². The minimum absolute atomic E-state index is 0.0888. The first-order valence-electron chi connectivity index (χ1n) is 6.41. The minimum Gasteiger partial charge on any atom is -0.478 e. The molecule has 0 unspecified atom stereocenters. The van der Waals surface area contributed by atoms with Crippen LogP contribution < -0.4 is 0 Å². The van der Waals surface area contributed by atoms with Crippen LogP contribution in [0.5, 0.6) is 0 Å². The lowest BCUT2D eigenvalue weighted by Crippen LogP contribution is -2.27. The van der Waals surface area contributed by atoms with E-state index < -0.39 is 5.97 Å². The van der Waals surface area contributed by atoms with Gasteiger partial charge in [0.05, 0.1) is 0 Å². The Bertz CT molecular complexity index is 526. The quantitative estimate of drug-likeness (QED) is 0.819. The zero-order valence-electron chi connectivity index (χ0n) is 11.6. The molecule has 4 nitrogen and oxygen atoms in total. The molecule has 0 bridgehead atoms. The molecule has 0 atom stereocenters. The Morgan fingerprint density at radius 2 is 2.10 bits per heavy atom. The average Bonchev–Trinajstić information content (AvgIpc) is 2.42. The van der Waals surface area contributed by atoms with Crippen LogP contribution in [0.1, 0.15) is 35.7 Å². The van der Waals surface area contributed by atoms with E-state index in [1.807, 2.05) is 0 Å². The zero-order valence-corrected chi connectivity index (χ0v) is 12.4. The third-order valence-electron chi connectivity index (χ3n) is 2.85. The number of carboxylic acid groups (broad SMARTS) is 1. The van der Waals surface area contributed by atoms with Crippen molar-refractivity contribution in [3.05, 3.63) is 40.4 Å². The summed E-state index contributed by atoms with van der Waals surface area (Å²) < 4.78 is 0. The fourth-order valence-corrected chi connectivity index (χ4v) is 1.92. The van der Waals surface area contributed by atoms with Crippen LogP contribution in [0.2, 0.25) is 5.02 Å². The second-order valence-electron chi connectivity index (χ2n) is 4.49. The van der Waals surface area contributed by atoms with Gasteiger partial charge in [-0.15, -0.1) is 0 Å². The van der Waals surface area contributed by atoms with Gasteiger partial charge in [-0.05, 0) is 30.2 Å². The molecule has 1 rings (SSSR count). The third kappa shape index (κ3) is 4.70. The van der Waals surface area contributed by atoms with Crippen molar-refractivity contribution in [3.8, 4) is 0 Å². The summed E-state index contributed by atoms with van der Waals surface area (Å²) in [7, 11) is 1.75. The van der Waals surface area contributed by atoms with Gasteiger partial charge in [0.25, 0.3) is 5.91 Å². The van der Waals surface area contributed by atoms with Crippen molar-refractivity contribution in [3.63, 3.8) is 0 Å². The lowest BCUT2D eigenvalue weighted by atomic mass is 10.1. The van der Waals surface area contributed by atoms with Crippen LogP contribution in [0, 0.1) is 0 Å². The molecule has 108 valence electrons. The molecule has 0 fully saturated rings. The van der Waals surface area contributed by atoms with Crippen molar-refractivity contribution in [2.24, 2.45) is 0 Å². The summed E-state index contributed by atoms with van der Waals surface area (Å²) in [5.41, 5.74) is 1.07. The fraction of sp³-hybridized carbons (Fsp3) is 0.333. The molecule has 1 amide bonds. The Hall–Kier alpha value is -1.81. The molecule has 0 spiro atoms. The third-order valence-corrected chi connectivity index (χ3v) is 3.17. The first-order valence-corrected chi connectivity index (χ1v) is 6.79. The Morgan fingerprint density at radius 1 is 1.40 bits per heavy atom. The van der Waals surface area contributed by atoms with Gasteiger partial charge in [0.2, 0.25) is 0 Å². The van der Waals surface area contributed by atoms with Gasteiger partial charge in [0, 0.05) is 30.3 Å². The standard InChI is InChI=1S/C15H18ClNO3/c1-3-4-9-17(2)15(20)12-6-5-11(13(16)10-12)7-8-14(18)19/h5-8,10H,3-4,9H2,1-2H3,(H,18,19)/b8-7+. The van der Waals surface area contributed by atoms with Crippen molar-refractivity contribution in [1.29, 1.82) is 0 Å². The number of carboxylic acids is 1. The maximum atomic E-state index is 12.1. The summed E-state index contributed by atoms with van der Waals surface area (Å²) in [5.74, 6) is -1.13. The number of halogens is 1. The smallest absolute Gasteiger partial charge is 0.328 e. The molecule has 0 saturated carbocycles. The lowest BCUT2D eigenvalue weighted by Gasteiger charge is -2.17. The van der Waals surface area contributed by atoms with Gasteiger partial charge in [-0.1, -0.05) is 31.0 Å². The molecule has 1 N–H and O–H groups in total. The predicted octanol–water partition coefficient (Wildman–Crippen LogP) is 3.31. The van der Waals surface area contributed by atoms with Crippen LogP contribution in [0.3, 0.4) is 0 Å². The number of nitrogens with zero attached hydrogens (tertiary/aromatic N) is 1. The molecular weight excluding hydrogens is 278 g/mol. The van der Waals surface area contributed by atoms with Gasteiger partial charge in [0.1, 0.15) is 0 Å². The van der Waals surface area contributed by atoms with E-state index in [9.17, 15) is 9.59 Å². The van der Waals surface area contributed by atoms with Crippen LogP contribution in [-0.2, 0) is 4.79 Å². The summed E-state index contributed by atoms with van der Waals surface area (Å²) in [5, 5.41) is 8.93. The molecule has 20 heavy (non-hydrogen) atoms. The number of aliphatic carboxylic acids is 1. The number of carbonyl (C=O) groups excluding carboxylic acids is 1. The van der Waals surface area contributed by atoms with Crippen molar-refractivity contribution < 1.29 is 14.7 Å². The second kappa shape index (κ2) is 7.70. The van der Waals surface area contributed by atoms with Crippen LogP contribution in [0.4, 0.5) is 0 Å². The van der Waals surface area contributed by atoms with Gasteiger partial charge in [-0.2, -0.15) is 0 Å². The van der Waals surface area contributed by atoms with Crippen LogP contribution in [0.25, 0.3) is 6.08 Å². The summed E-state index contributed by atoms with van der Waals surface area (Å²) in [6, 6.07) is 4.86. The Labute approximate surface area is 123 Å². The van der Waals surface area contributed by atoms with Gasteiger partial charge < -0.3 is 10.0 Å². The molecule has 0 aliphatic carbocycles. The molecule has 0 aromatic heterocycles. The number of carbonyl (C=O) groups is 2. The van der Waals surface area contributed by atoms with Gasteiger partial charge in [-0.25, -0.2) is 4.79 Å². The SMILES string of the molecule is CCCCN(C)C(=O)c1ccc(/C=C/C(=O)O)c(Cl)c1. The van der Waals surface area contributed by atoms with Gasteiger partial charge in [-0.3, -0.25) is 4.79 Å². The highest BCUT2D eigenvalue weighted by Gasteiger charge is 2.12. The largest absolute Gasteiger partial charge is 0.478 e. The van der Waals surface area contributed by atoms with Crippen LogP contribution in [-0.4, -0.2) is 35.5 Å². The van der Waals surface area contributed by atoms with Crippen molar-refractivity contribution in [1.82, 2.24) is 4.90 Å². The topological polar surface area (TPSA) is 57.6 Å². The number of benzene rings is 1. The van der Waals surface area contributed by atoms with E-state index in [1.54, 1.807) is 30.1 Å². The minimum atomic E-state index is -1.04. The molecule has 5 heteroatoms. The molecular formula is C15H18ClNO3. The molecule has 0 radical (unpaired) electrons. The zero-order chi connectivity index (χ0) is 15.1. The molecule has 1 aromatic carbocycles. The highest BCUT2D eigenvalue weighted by atomic mass is 35.5. The highest BCUT2D eigenvalue weighted by molar-refractivity contribution is 6.32. The normalized spacial score (nSPS) is 10.8. The summed E-state index contributed by atoms with van der Waals surface area (Å²) in [4.78, 5) is 24.2. The maximum absolute atomic E-state index is 12.1.